The molecule has 0 bridgehead atoms. The van der Waals surface area contributed by atoms with E-state index in [2.05, 4.69) is 35.7 Å². The van der Waals surface area contributed by atoms with E-state index < -0.39 is 0 Å². The fourth-order valence-corrected chi connectivity index (χ4v) is 3.11. The Hall–Kier alpha value is -0.380. The van der Waals surface area contributed by atoms with E-state index in [1.165, 1.54) is 42.8 Å². The third-order valence-electron chi connectivity index (χ3n) is 3.03. The first kappa shape index (κ1) is 11.1. The lowest BCUT2D eigenvalue weighted by Gasteiger charge is -2.30. The molecule has 1 aromatic rings. The van der Waals surface area contributed by atoms with E-state index in [1.54, 1.807) is 0 Å². The monoisotopic (exact) mass is 224 g/mol. The Balaban J connectivity index is 1.91. The van der Waals surface area contributed by atoms with Crippen LogP contribution >= 0.6 is 11.3 Å². The number of aryl methyl sites for hydroxylation is 1. The van der Waals surface area contributed by atoms with E-state index in [0.29, 0.717) is 6.04 Å². The molecule has 1 atom stereocenters. The quantitative estimate of drug-likeness (QED) is 0.848. The van der Waals surface area contributed by atoms with Crippen molar-refractivity contribution < 1.29 is 0 Å². The molecule has 15 heavy (non-hydrogen) atoms. The number of hydrogen-bond donors (Lipinski definition) is 1. The van der Waals surface area contributed by atoms with Crippen molar-refractivity contribution in [3.05, 3.63) is 21.9 Å². The topological polar surface area (TPSA) is 15.3 Å². The fraction of sp³-hybridized carbons (Fsp3) is 0.667. The van der Waals surface area contributed by atoms with Crippen LogP contribution in [-0.4, -0.2) is 18.1 Å². The average molecular weight is 224 g/mol. The molecule has 1 aliphatic rings. The lowest BCUT2D eigenvalue weighted by atomic mass is 10.1. The van der Waals surface area contributed by atoms with E-state index in [-0.39, 0.29) is 0 Å². The maximum absolute atomic E-state index is 3.61. The van der Waals surface area contributed by atoms with Crippen molar-refractivity contribution in [1.29, 1.82) is 0 Å². The predicted octanol–water partition coefficient (Wildman–Crippen LogP) is 3.11. The molecule has 1 N–H and O–H groups in total. The highest BCUT2D eigenvalue weighted by molar-refractivity contribution is 7.10. The van der Waals surface area contributed by atoms with Gasteiger partial charge in [0.05, 0.1) is 6.04 Å². The van der Waals surface area contributed by atoms with Crippen molar-refractivity contribution >= 4 is 11.3 Å². The molecule has 0 aliphatic carbocycles. The van der Waals surface area contributed by atoms with Gasteiger partial charge in [-0.25, -0.2) is 10.4 Å². The molecule has 0 radical (unpaired) electrons. The van der Waals surface area contributed by atoms with E-state index in [0.717, 1.165) is 0 Å². The first-order chi connectivity index (χ1) is 7.27. The molecule has 0 saturated carbocycles. The summed E-state index contributed by atoms with van der Waals surface area (Å²) in [6.45, 7) is 6.86. The van der Waals surface area contributed by atoms with Crippen LogP contribution in [-0.2, 0) is 0 Å². The predicted molar refractivity (Wildman–Crippen MR) is 66.0 cm³/mol. The Morgan fingerprint density at radius 2 is 2.07 bits per heavy atom. The second-order valence-electron chi connectivity index (χ2n) is 4.37. The second-order valence-corrected chi connectivity index (χ2v) is 5.31. The number of thiophene rings is 1. The lowest BCUT2D eigenvalue weighted by Crippen LogP contribution is -2.42. The highest BCUT2D eigenvalue weighted by Gasteiger charge is 2.15. The SMILES string of the molecule is Cc1ccsc1C(C)NN1CCCCC1. The Morgan fingerprint density at radius 1 is 1.33 bits per heavy atom. The summed E-state index contributed by atoms with van der Waals surface area (Å²) in [5, 5.41) is 4.56. The van der Waals surface area contributed by atoms with Crippen LogP contribution in [0.25, 0.3) is 0 Å². The maximum Gasteiger partial charge on any atom is 0.0532 e. The molecule has 0 aromatic carbocycles. The molecule has 2 rings (SSSR count). The molecular weight excluding hydrogens is 204 g/mol. The van der Waals surface area contributed by atoms with Crippen LogP contribution in [0.4, 0.5) is 0 Å². The van der Waals surface area contributed by atoms with Gasteiger partial charge >= 0.3 is 0 Å². The van der Waals surface area contributed by atoms with Crippen LogP contribution in [0.5, 0.6) is 0 Å². The van der Waals surface area contributed by atoms with Crippen molar-refractivity contribution in [2.45, 2.75) is 39.2 Å². The number of nitrogens with one attached hydrogen (secondary N) is 1. The van der Waals surface area contributed by atoms with Gasteiger partial charge in [-0.2, -0.15) is 0 Å². The number of piperidine rings is 1. The molecule has 1 saturated heterocycles. The molecule has 1 unspecified atom stereocenters. The zero-order valence-electron chi connectivity index (χ0n) is 9.62. The summed E-state index contributed by atoms with van der Waals surface area (Å²) in [6, 6.07) is 2.66. The van der Waals surface area contributed by atoms with E-state index in [9.17, 15) is 0 Å². The molecule has 2 nitrogen and oxygen atoms in total. The number of hydrogen-bond acceptors (Lipinski definition) is 3. The van der Waals surface area contributed by atoms with Crippen molar-refractivity contribution in [3.63, 3.8) is 0 Å². The fourth-order valence-electron chi connectivity index (χ4n) is 2.18. The van der Waals surface area contributed by atoms with Gasteiger partial charge < -0.3 is 0 Å². The number of rotatable bonds is 3. The third kappa shape index (κ3) is 2.80. The summed E-state index contributed by atoms with van der Waals surface area (Å²) < 4.78 is 0. The summed E-state index contributed by atoms with van der Waals surface area (Å²) in [7, 11) is 0. The molecule has 1 aliphatic heterocycles. The summed E-state index contributed by atoms with van der Waals surface area (Å²) >= 11 is 1.86. The Kier molecular flexibility index (Phi) is 3.78. The molecule has 1 fully saturated rings. The van der Waals surface area contributed by atoms with Gasteiger partial charge in [-0.3, -0.25) is 0 Å². The number of nitrogens with zero attached hydrogens (tertiary/aromatic N) is 1. The summed E-state index contributed by atoms with van der Waals surface area (Å²) in [6.07, 6.45) is 4.07. The largest absolute Gasteiger partial charge is 0.247 e. The number of hydrazine groups is 1. The molecule has 0 spiro atoms. The molecule has 2 heterocycles. The first-order valence-electron chi connectivity index (χ1n) is 5.82. The highest BCUT2D eigenvalue weighted by Crippen LogP contribution is 2.24. The minimum atomic E-state index is 0.461. The van der Waals surface area contributed by atoms with Crippen LogP contribution in [0, 0.1) is 6.92 Å². The van der Waals surface area contributed by atoms with E-state index in [1.807, 2.05) is 11.3 Å². The Labute approximate surface area is 96.3 Å². The second kappa shape index (κ2) is 5.10. The van der Waals surface area contributed by atoms with Gasteiger partial charge in [-0.15, -0.1) is 11.3 Å². The molecule has 0 amide bonds. The normalized spacial score (nSPS) is 20.4. The summed E-state index contributed by atoms with van der Waals surface area (Å²) in [5.74, 6) is 0. The third-order valence-corrected chi connectivity index (χ3v) is 4.23. The van der Waals surface area contributed by atoms with Crippen molar-refractivity contribution in [2.24, 2.45) is 0 Å². The van der Waals surface area contributed by atoms with Gasteiger partial charge in [0.15, 0.2) is 0 Å². The first-order valence-corrected chi connectivity index (χ1v) is 6.70. The zero-order valence-corrected chi connectivity index (χ0v) is 10.4. The van der Waals surface area contributed by atoms with E-state index >= 15 is 0 Å². The summed E-state index contributed by atoms with van der Waals surface area (Å²) in [5.41, 5.74) is 5.02. The lowest BCUT2D eigenvalue weighted by molar-refractivity contribution is 0.134. The van der Waals surface area contributed by atoms with Crippen molar-refractivity contribution in [3.8, 4) is 0 Å². The highest BCUT2D eigenvalue weighted by atomic mass is 32.1. The van der Waals surface area contributed by atoms with Crippen LogP contribution in [0.15, 0.2) is 11.4 Å². The summed E-state index contributed by atoms with van der Waals surface area (Å²) in [4.78, 5) is 1.47. The van der Waals surface area contributed by atoms with E-state index in [4.69, 9.17) is 0 Å². The standard InChI is InChI=1S/C12H20N2S/c1-10-6-9-15-12(10)11(2)13-14-7-4-3-5-8-14/h6,9,11,13H,3-5,7-8H2,1-2H3. The van der Waals surface area contributed by atoms with Crippen molar-refractivity contribution in [2.75, 3.05) is 13.1 Å². The van der Waals surface area contributed by atoms with Gasteiger partial charge in [-0.05, 0) is 43.7 Å². The zero-order chi connectivity index (χ0) is 10.7. The van der Waals surface area contributed by atoms with Gasteiger partial charge in [0.1, 0.15) is 0 Å². The van der Waals surface area contributed by atoms with Crippen molar-refractivity contribution in [1.82, 2.24) is 10.4 Å². The maximum atomic E-state index is 3.61. The Bertz CT molecular complexity index is 302. The van der Waals surface area contributed by atoms with Crippen LogP contribution < -0.4 is 5.43 Å². The molecular formula is C12H20N2S. The minimum absolute atomic E-state index is 0.461. The molecule has 3 heteroatoms. The van der Waals surface area contributed by atoms with Gasteiger partial charge in [0.2, 0.25) is 0 Å². The smallest absolute Gasteiger partial charge is 0.0532 e. The average Bonchev–Trinajstić information content (AvgIpc) is 2.66. The van der Waals surface area contributed by atoms with Gasteiger partial charge in [0, 0.05) is 18.0 Å². The van der Waals surface area contributed by atoms with Gasteiger partial charge in [-0.1, -0.05) is 6.42 Å². The van der Waals surface area contributed by atoms with Gasteiger partial charge in [0.25, 0.3) is 0 Å². The molecule has 84 valence electrons. The van der Waals surface area contributed by atoms with Crippen LogP contribution in [0.3, 0.4) is 0 Å². The van der Waals surface area contributed by atoms with Crippen LogP contribution in [0.1, 0.15) is 42.7 Å². The van der Waals surface area contributed by atoms with Crippen LogP contribution in [0.2, 0.25) is 0 Å². The Morgan fingerprint density at radius 3 is 2.67 bits per heavy atom. The molecule has 1 aromatic heterocycles. The minimum Gasteiger partial charge on any atom is -0.247 e.